The van der Waals surface area contributed by atoms with Crippen LogP contribution in [0.25, 0.3) is 0 Å². The van der Waals surface area contributed by atoms with E-state index in [4.69, 9.17) is 4.74 Å². The summed E-state index contributed by atoms with van der Waals surface area (Å²) in [6, 6.07) is 0.164. The third-order valence-corrected chi connectivity index (χ3v) is 16.2. The first-order valence-corrected chi connectivity index (χ1v) is 19.0. The molecule has 0 aromatic carbocycles. The zero-order valence-corrected chi connectivity index (χ0v) is 30.8. The second kappa shape index (κ2) is 11.5. The summed E-state index contributed by atoms with van der Waals surface area (Å²) in [6.07, 6.45) is 12.9. The summed E-state index contributed by atoms with van der Waals surface area (Å²) in [5, 5.41) is 13.3. The monoisotopic (exact) mass is 652 g/mol. The van der Waals surface area contributed by atoms with Crippen molar-refractivity contribution in [1.82, 2.24) is 10.2 Å². The Morgan fingerprint density at radius 1 is 0.872 bits per heavy atom. The Labute approximate surface area is 284 Å². The molecule has 7 heteroatoms. The quantitative estimate of drug-likeness (QED) is 0.221. The van der Waals surface area contributed by atoms with E-state index < -0.39 is 11.4 Å². The van der Waals surface area contributed by atoms with Gasteiger partial charge in [0, 0.05) is 24.0 Å². The molecular formula is C40H64N2O5. The number of likely N-dealkylation sites (tertiary alicyclic amines) is 1. The number of carboxylic acid groups (broad SMARTS) is 1. The number of fused-ring (bicyclic) bond motifs is 7. The van der Waals surface area contributed by atoms with Crippen LogP contribution < -0.4 is 5.32 Å². The van der Waals surface area contributed by atoms with Gasteiger partial charge >= 0.3 is 18.0 Å². The van der Waals surface area contributed by atoms with E-state index in [2.05, 4.69) is 58.3 Å². The summed E-state index contributed by atoms with van der Waals surface area (Å²) < 4.78 is 6.17. The van der Waals surface area contributed by atoms with Crippen LogP contribution in [0.4, 0.5) is 4.79 Å². The number of nitrogens with zero attached hydrogens (tertiary/aromatic N) is 1. The van der Waals surface area contributed by atoms with Gasteiger partial charge in [0.1, 0.15) is 6.10 Å². The Hall–Kier alpha value is -2.05. The van der Waals surface area contributed by atoms with Crippen LogP contribution >= 0.6 is 0 Å². The van der Waals surface area contributed by atoms with Gasteiger partial charge in [-0.05, 0) is 144 Å². The van der Waals surface area contributed by atoms with Gasteiger partial charge in [-0.25, -0.2) is 4.79 Å². The number of hydrogen-bond donors (Lipinski definition) is 2. The van der Waals surface area contributed by atoms with Gasteiger partial charge in [-0.1, -0.05) is 46.8 Å². The molecule has 1 saturated heterocycles. The molecule has 47 heavy (non-hydrogen) atoms. The number of rotatable bonds is 6. The van der Waals surface area contributed by atoms with Gasteiger partial charge in [-0.3, -0.25) is 9.59 Å². The summed E-state index contributed by atoms with van der Waals surface area (Å²) in [6.45, 7) is 24.2. The van der Waals surface area contributed by atoms with Crippen LogP contribution in [0.2, 0.25) is 0 Å². The minimum absolute atomic E-state index is 0.108. The van der Waals surface area contributed by atoms with Gasteiger partial charge in [0.25, 0.3) is 0 Å². The molecule has 2 unspecified atom stereocenters. The average Bonchev–Trinajstić information content (AvgIpc) is 3.64. The van der Waals surface area contributed by atoms with Crippen LogP contribution in [0.3, 0.4) is 0 Å². The van der Waals surface area contributed by atoms with E-state index in [-0.39, 0.29) is 51.7 Å². The highest BCUT2D eigenvalue weighted by Gasteiger charge is 2.71. The van der Waals surface area contributed by atoms with E-state index in [1.807, 2.05) is 0 Å². The van der Waals surface area contributed by atoms with E-state index >= 15 is 0 Å². The van der Waals surface area contributed by atoms with Crippen molar-refractivity contribution in [3.05, 3.63) is 12.2 Å². The minimum atomic E-state index is -1.14. The Bertz CT molecular complexity index is 1300. The van der Waals surface area contributed by atoms with Gasteiger partial charge in [0.2, 0.25) is 0 Å². The lowest BCUT2D eigenvalue weighted by molar-refractivity contribution is -0.246. The number of nitrogens with one attached hydrogen (secondary N) is 1. The van der Waals surface area contributed by atoms with E-state index in [9.17, 15) is 19.5 Å². The predicted octanol–water partition coefficient (Wildman–Crippen LogP) is 8.61. The molecule has 2 N–H and O–H groups in total. The first-order valence-electron chi connectivity index (χ1n) is 19.0. The zero-order valence-electron chi connectivity index (χ0n) is 30.8. The summed E-state index contributed by atoms with van der Waals surface area (Å²) in [7, 11) is 0. The molecule has 6 aliphatic rings. The van der Waals surface area contributed by atoms with Crippen molar-refractivity contribution in [2.45, 2.75) is 151 Å². The van der Waals surface area contributed by atoms with Crippen molar-refractivity contribution in [1.29, 1.82) is 0 Å². The Morgan fingerprint density at radius 2 is 1.55 bits per heavy atom. The molecule has 0 radical (unpaired) electrons. The number of amides is 2. The van der Waals surface area contributed by atoms with Crippen molar-refractivity contribution in [2.75, 3.05) is 13.1 Å². The number of ether oxygens (including phenoxy) is 1. The number of urea groups is 1. The summed E-state index contributed by atoms with van der Waals surface area (Å²) in [5.41, 5.74) is 0.368. The van der Waals surface area contributed by atoms with Crippen molar-refractivity contribution in [3.63, 3.8) is 0 Å². The van der Waals surface area contributed by atoms with Crippen molar-refractivity contribution in [2.24, 2.45) is 56.7 Å². The number of carbonyl (C=O) groups excluding carboxylic acids is 2. The fraction of sp³-hybridized carbons (Fsp3) is 0.875. The first kappa shape index (κ1) is 34.8. The lowest BCUT2D eigenvalue weighted by Crippen LogP contribution is -2.69. The van der Waals surface area contributed by atoms with E-state index in [1.165, 1.54) is 24.8 Å². The second-order valence-electron chi connectivity index (χ2n) is 19.2. The van der Waals surface area contributed by atoms with Crippen molar-refractivity contribution < 1.29 is 24.2 Å². The Balaban J connectivity index is 1.25. The predicted molar refractivity (Wildman–Crippen MR) is 185 cm³/mol. The van der Waals surface area contributed by atoms with Gasteiger partial charge in [0.05, 0.1) is 11.8 Å². The Kier molecular flexibility index (Phi) is 8.52. The van der Waals surface area contributed by atoms with E-state index in [0.29, 0.717) is 29.6 Å². The van der Waals surface area contributed by atoms with Crippen LogP contribution in [0.1, 0.15) is 139 Å². The molecule has 5 saturated carbocycles. The first-order chi connectivity index (χ1) is 21.8. The molecule has 5 aliphatic carbocycles. The standard InChI is InChI=1S/C40H64N2O5/c1-25(2)26-14-19-40(41-34(46)42-22-10-11-23-42)21-20-38(8)27(32(26)40)12-13-29-37(7)17-16-30(47-31(43)24-35(3,4)33(44)45)36(5,6)28(37)15-18-39(29,38)9/h26-30,32H,1,10-24H2,2-9H3,(H,41,46)(H,44,45)/t26-,27+,28?,29+,30-,32+,37-,38+,39?,40-/m0/s1. The maximum Gasteiger partial charge on any atom is 0.317 e. The Morgan fingerprint density at radius 3 is 2.19 bits per heavy atom. The van der Waals surface area contributed by atoms with Gasteiger partial charge < -0.3 is 20.1 Å². The van der Waals surface area contributed by atoms with Crippen LogP contribution in [0, 0.1) is 56.7 Å². The maximum absolute atomic E-state index is 13.6. The topological polar surface area (TPSA) is 95.9 Å². The van der Waals surface area contributed by atoms with E-state index in [1.54, 1.807) is 13.8 Å². The second-order valence-corrected chi connectivity index (χ2v) is 19.2. The van der Waals surface area contributed by atoms with Gasteiger partial charge in [-0.15, -0.1) is 0 Å². The van der Waals surface area contributed by atoms with Gasteiger partial charge in [0.15, 0.2) is 0 Å². The molecule has 0 bridgehead atoms. The molecule has 7 nitrogen and oxygen atoms in total. The van der Waals surface area contributed by atoms with Gasteiger partial charge in [-0.2, -0.15) is 0 Å². The van der Waals surface area contributed by atoms with Crippen LogP contribution in [0.15, 0.2) is 12.2 Å². The summed E-state index contributed by atoms with van der Waals surface area (Å²) in [5.74, 6) is 1.12. The lowest BCUT2D eigenvalue weighted by atomic mass is 9.32. The molecule has 0 aromatic rings. The number of carboxylic acids is 1. The highest BCUT2D eigenvalue weighted by molar-refractivity contribution is 5.81. The molecular weight excluding hydrogens is 588 g/mol. The number of hydrogen-bond acceptors (Lipinski definition) is 4. The molecule has 10 atom stereocenters. The third-order valence-electron chi connectivity index (χ3n) is 16.2. The van der Waals surface area contributed by atoms with Crippen LogP contribution in [-0.2, 0) is 14.3 Å². The fourth-order valence-electron chi connectivity index (χ4n) is 13.4. The number of allylic oxidation sites excluding steroid dienone is 1. The SMILES string of the molecule is C=C(C)[C@@H]1CC[C@]2(NC(=O)N3CCCC3)CC[C@]3(C)[C@H](CC[C@H]4C3(C)CCC3C(C)(C)[C@@H](OC(=O)CC(C)(C)C(=O)O)CC[C@@]34C)[C@@H]12. The highest BCUT2D eigenvalue weighted by atomic mass is 16.5. The average molecular weight is 653 g/mol. The summed E-state index contributed by atoms with van der Waals surface area (Å²) >= 11 is 0. The van der Waals surface area contributed by atoms with Crippen LogP contribution in [-0.4, -0.2) is 52.7 Å². The molecule has 1 heterocycles. The highest BCUT2D eigenvalue weighted by Crippen LogP contribution is 2.76. The minimum Gasteiger partial charge on any atom is -0.481 e. The zero-order chi connectivity index (χ0) is 34.4. The smallest absolute Gasteiger partial charge is 0.317 e. The fourth-order valence-corrected chi connectivity index (χ4v) is 13.4. The molecule has 1 aliphatic heterocycles. The summed E-state index contributed by atoms with van der Waals surface area (Å²) in [4.78, 5) is 40.4. The van der Waals surface area contributed by atoms with Crippen molar-refractivity contribution in [3.8, 4) is 0 Å². The maximum atomic E-state index is 13.6. The van der Waals surface area contributed by atoms with Crippen LogP contribution in [0.5, 0.6) is 0 Å². The molecule has 6 fully saturated rings. The normalized spacial score (nSPS) is 44.0. The molecule has 2 amide bonds. The third kappa shape index (κ3) is 5.20. The number of carbonyl (C=O) groups is 3. The molecule has 6 rings (SSSR count). The van der Waals surface area contributed by atoms with Crippen molar-refractivity contribution >= 4 is 18.0 Å². The number of aliphatic carboxylic acids is 1. The molecule has 264 valence electrons. The number of esters is 1. The largest absolute Gasteiger partial charge is 0.481 e. The van der Waals surface area contributed by atoms with E-state index in [0.717, 1.165) is 70.9 Å². The molecule has 0 aromatic heterocycles. The molecule has 0 spiro atoms. The lowest BCUT2D eigenvalue weighted by Gasteiger charge is -2.73.